The second kappa shape index (κ2) is 8.85. The summed E-state index contributed by atoms with van der Waals surface area (Å²) >= 11 is 0. The normalized spacial score (nSPS) is 10.7. The summed E-state index contributed by atoms with van der Waals surface area (Å²) in [6.45, 7) is 2.01. The number of rotatable bonds is 5. The number of hydrogen-bond donors (Lipinski definition) is 2. The highest BCUT2D eigenvalue weighted by molar-refractivity contribution is 6.11. The fourth-order valence-corrected chi connectivity index (χ4v) is 3.60. The Morgan fingerprint density at radius 1 is 0.875 bits per heavy atom. The van der Waals surface area contributed by atoms with E-state index in [-0.39, 0.29) is 23.7 Å². The summed E-state index contributed by atoms with van der Waals surface area (Å²) in [6.07, 6.45) is 0. The molecule has 1 heterocycles. The minimum atomic E-state index is -0.458. The number of fused-ring (bicyclic) bond motifs is 1. The zero-order chi connectivity index (χ0) is 22.7. The Kier molecular flexibility index (Phi) is 5.81. The highest BCUT2D eigenvalue weighted by atomic mass is 16.2. The molecule has 4 rings (SSSR count). The van der Waals surface area contributed by atoms with Crippen LogP contribution in [0.5, 0.6) is 0 Å². The molecule has 2 amide bonds. The molecule has 0 fully saturated rings. The van der Waals surface area contributed by atoms with Gasteiger partial charge in [0.15, 0.2) is 5.69 Å². The van der Waals surface area contributed by atoms with Crippen LogP contribution in [-0.4, -0.2) is 28.6 Å². The lowest BCUT2D eigenvalue weighted by Gasteiger charge is -2.14. The summed E-state index contributed by atoms with van der Waals surface area (Å²) in [5.74, 6) is -0.696. The van der Waals surface area contributed by atoms with Crippen LogP contribution in [0.15, 0.2) is 77.6 Å². The van der Waals surface area contributed by atoms with Crippen LogP contribution in [0.4, 0.5) is 5.69 Å². The van der Waals surface area contributed by atoms with E-state index in [2.05, 4.69) is 15.7 Å². The molecule has 0 spiro atoms. The third-order valence-electron chi connectivity index (χ3n) is 5.31. The summed E-state index contributed by atoms with van der Waals surface area (Å²) in [5, 5.41) is 10.7. The zero-order valence-electron chi connectivity index (χ0n) is 17.8. The molecule has 1 aromatic heterocycles. The molecule has 0 bridgehead atoms. The average molecular weight is 426 g/mol. The number of benzene rings is 3. The Morgan fingerprint density at radius 3 is 2.28 bits per heavy atom. The number of carbonyl (C=O) groups excluding carboxylic acids is 2. The highest BCUT2D eigenvalue weighted by Crippen LogP contribution is 2.21. The van der Waals surface area contributed by atoms with Crippen molar-refractivity contribution in [3.63, 3.8) is 0 Å². The number of nitrogens with one attached hydrogen (secondary N) is 2. The lowest BCUT2D eigenvalue weighted by molar-refractivity contribution is 0.0960. The van der Waals surface area contributed by atoms with Gasteiger partial charge in [-0.2, -0.15) is 5.10 Å². The maximum absolute atomic E-state index is 13.3. The van der Waals surface area contributed by atoms with Crippen molar-refractivity contribution in [2.24, 2.45) is 0 Å². The molecule has 0 aliphatic heterocycles. The maximum Gasteiger partial charge on any atom is 0.276 e. The molecule has 3 aromatic carbocycles. The van der Waals surface area contributed by atoms with E-state index in [1.807, 2.05) is 30.3 Å². The second-order valence-corrected chi connectivity index (χ2v) is 7.35. The van der Waals surface area contributed by atoms with Crippen molar-refractivity contribution in [3.05, 3.63) is 106 Å². The number of nitrogens with zero attached hydrogens (tertiary/aromatic N) is 2. The minimum Gasteiger partial charge on any atom is -0.355 e. The van der Waals surface area contributed by atoms with Crippen molar-refractivity contribution < 1.29 is 9.59 Å². The van der Waals surface area contributed by atoms with Gasteiger partial charge in [0, 0.05) is 23.7 Å². The molecule has 160 valence electrons. The predicted molar refractivity (Wildman–Crippen MR) is 124 cm³/mol. The number of hydrogen-bond acceptors (Lipinski definition) is 4. The van der Waals surface area contributed by atoms with E-state index in [4.69, 9.17) is 0 Å². The van der Waals surface area contributed by atoms with Crippen LogP contribution < -0.4 is 16.2 Å². The number of anilines is 1. The van der Waals surface area contributed by atoms with E-state index >= 15 is 0 Å². The van der Waals surface area contributed by atoms with Crippen molar-refractivity contribution in [1.82, 2.24) is 15.1 Å². The van der Waals surface area contributed by atoms with Crippen molar-refractivity contribution in [2.45, 2.75) is 13.5 Å². The Hall–Kier alpha value is -4.26. The van der Waals surface area contributed by atoms with Crippen LogP contribution >= 0.6 is 0 Å². The molecule has 0 unspecified atom stereocenters. The zero-order valence-corrected chi connectivity index (χ0v) is 17.8. The fourth-order valence-electron chi connectivity index (χ4n) is 3.60. The quantitative estimate of drug-likeness (QED) is 0.512. The first-order chi connectivity index (χ1) is 15.5. The molecule has 32 heavy (non-hydrogen) atoms. The Morgan fingerprint density at radius 2 is 1.56 bits per heavy atom. The number of carbonyl (C=O) groups is 2. The van der Waals surface area contributed by atoms with Gasteiger partial charge >= 0.3 is 0 Å². The van der Waals surface area contributed by atoms with Gasteiger partial charge in [0.25, 0.3) is 17.4 Å². The molecule has 7 heteroatoms. The second-order valence-electron chi connectivity index (χ2n) is 7.35. The van der Waals surface area contributed by atoms with E-state index in [0.717, 1.165) is 5.56 Å². The molecular weight excluding hydrogens is 404 g/mol. The number of amides is 2. The van der Waals surface area contributed by atoms with E-state index < -0.39 is 5.91 Å². The fraction of sp³-hybridized carbons (Fsp3) is 0.120. The van der Waals surface area contributed by atoms with Gasteiger partial charge in [0.05, 0.1) is 11.9 Å². The van der Waals surface area contributed by atoms with Gasteiger partial charge in [-0.15, -0.1) is 0 Å². The van der Waals surface area contributed by atoms with Crippen LogP contribution in [0.2, 0.25) is 0 Å². The molecular formula is C25H22N4O3. The third kappa shape index (κ3) is 4.00. The predicted octanol–water partition coefficient (Wildman–Crippen LogP) is 3.37. The Balaban J connectivity index is 1.77. The first-order valence-electron chi connectivity index (χ1n) is 10.2. The van der Waals surface area contributed by atoms with Gasteiger partial charge in [0.1, 0.15) is 0 Å². The maximum atomic E-state index is 13.3. The topological polar surface area (TPSA) is 93.1 Å². The van der Waals surface area contributed by atoms with Crippen molar-refractivity contribution in [3.8, 4) is 0 Å². The summed E-state index contributed by atoms with van der Waals surface area (Å²) in [7, 11) is 1.55. The van der Waals surface area contributed by atoms with E-state index in [1.54, 1.807) is 56.4 Å². The molecule has 7 nitrogen and oxygen atoms in total. The highest BCUT2D eigenvalue weighted by Gasteiger charge is 2.19. The van der Waals surface area contributed by atoms with E-state index in [9.17, 15) is 14.4 Å². The standard InChI is InChI=1S/C25H22N4O3/c1-16-18(23(30)26-2)13-8-14-21(16)27-24(31)22-19-11-6-7-12-20(19)25(32)29(28-22)15-17-9-4-3-5-10-17/h3-14H,15H2,1-2H3,(H,26,30)(H,27,31). The molecule has 0 atom stereocenters. The van der Waals surface area contributed by atoms with E-state index in [0.29, 0.717) is 27.6 Å². The van der Waals surface area contributed by atoms with Gasteiger partial charge in [-0.1, -0.05) is 54.6 Å². The summed E-state index contributed by atoms with van der Waals surface area (Å²) in [5.41, 5.74) is 2.39. The van der Waals surface area contributed by atoms with Crippen LogP contribution in [0.1, 0.15) is 32.0 Å². The minimum absolute atomic E-state index is 0.140. The van der Waals surface area contributed by atoms with Crippen molar-refractivity contribution >= 4 is 28.3 Å². The van der Waals surface area contributed by atoms with Gasteiger partial charge in [-0.05, 0) is 36.2 Å². The van der Waals surface area contributed by atoms with Crippen molar-refractivity contribution in [1.29, 1.82) is 0 Å². The lowest BCUT2D eigenvalue weighted by atomic mass is 10.1. The molecule has 0 saturated heterocycles. The first-order valence-corrected chi connectivity index (χ1v) is 10.2. The average Bonchev–Trinajstić information content (AvgIpc) is 2.82. The lowest BCUT2D eigenvalue weighted by Crippen LogP contribution is -2.28. The molecule has 0 aliphatic carbocycles. The summed E-state index contributed by atoms with van der Waals surface area (Å²) in [6, 6.07) is 21.5. The Bertz CT molecular complexity index is 1380. The number of aromatic nitrogens is 2. The van der Waals surface area contributed by atoms with Crippen molar-refractivity contribution in [2.75, 3.05) is 12.4 Å². The smallest absolute Gasteiger partial charge is 0.276 e. The summed E-state index contributed by atoms with van der Waals surface area (Å²) < 4.78 is 1.31. The van der Waals surface area contributed by atoms with Gasteiger partial charge in [-0.25, -0.2) is 4.68 Å². The largest absolute Gasteiger partial charge is 0.355 e. The van der Waals surface area contributed by atoms with E-state index in [1.165, 1.54) is 4.68 Å². The van der Waals surface area contributed by atoms with Crippen LogP contribution in [0, 0.1) is 6.92 Å². The molecule has 0 aliphatic rings. The molecule has 2 N–H and O–H groups in total. The summed E-state index contributed by atoms with van der Waals surface area (Å²) in [4.78, 5) is 38.4. The SMILES string of the molecule is CNC(=O)c1cccc(NC(=O)c2nn(Cc3ccccc3)c(=O)c3ccccc23)c1C. The van der Waals surface area contributed by atoms with Crippen LogP contribution in [0.25, 0.3) is 10.8 Å². The molecule has 0 radical (unpaired) electrons. The first kappa shape index (κ1) is 21.0. The third-order valence-corrected chi connectivity index (χ3v) is 5.31. The van der Waals surface area contributed by atoms with Crippen LogP contribution in [0.3, 0.4) is 0 Å². The van der Waals surface area contributed by atoms with Gasteiger partial charge < -0.3 is 10.6 Å². The van der Waals surface area contributed by atoms with Gasteiger partial charge in [0.2, 0.25) is 0 Å². The molecule has 0 saturated carbocycles. The Labute approximate surface area is 184 Å². The van der Waals surface area contributed by atoms with Crippen LogP contribution in [-0.2, 0) is 6.54 Å². The monoisotopic (exact) mass is 426 g/mol. The molecule has 4 aromatic rings. The van der Waals surface area contributed by atoms with Gasteiger partial charge in [-0.3, -0.25) is 14.4 Å².